The monoisotopic (exact) mass is 427 g/mol. The van der Waals surface area contributed by atoms with E-state index in [0.29, 0.717) is 12.8 Å². The summed E-state index contributed by atoms with van der Waals surface area (Å²) in [5, 5.41) is 3.43. The minimum absolute atomic E-state index is 0.108. The van der Waals surface area contributed by atoms with Gasteiger partial charge in [0.25, 0.3) is 0 Å². The molecule has 1 aromatic carbocycles. The fraction of sp³-hybridized carbons (Fsp3) is 0.643. The lowest BCUT2D eigenvalue weighted by Gasteiger charge is -2.14. The van der Waals surface area contributed by atoms with E-state index in [1.807, 2.05) is 18.2 Å². The highest BCUT2D eigenvalue weighted by molar-refractivity contribution is 5.82. The first kappa shape index (κ1) is 27.1. The first-order chi connectivity index (χ1) is 14.9. The van der Waals surface area contributed by atoms with Crippen molar-refractivity contribution in [2.75, 3.05) is 6.54 Å². The molecule has 0 aliphatic heterocycles. The van der Waals surface area contributed by atoms with Gasteiger partial charge in [-0.15, -0.1) is 0 Å². The van der Waals surface area contributed by atoms with Crippen LogP contribution in [-0.2, 0) is 22.4 Å². The van der Waals surface area contributed by atoms with Crippen LogP contribution in [0.5, 0.6) is 0 Å². The fourth-order valence-electron chi connectivity index (χ4n) is 3.99. The smallest absolute Gasteiger partial charge is 0.134 e. The number of hydrogen-bond donors (Lipinski definition) is 1. The van der Waals surface area contributed by atoms with Crippen LogP contribution in [0.1, 0.15) is 115 Å². The van der Waals surface area contributed by atoms with Gasteiger partial charge in [-0.3, -0.25) is 9.59 Å². The maximum absolute atomic E-state index is 11.6. The summed E-state index contributed by atoms with van der Waals surface area (Å²) in [7, 11) is 0. The lowest BCUT2D eigenvalue weighted by molar-refractivity contribution is -0.117. The van der Waals surface area contributed by atoms with Gasteiger partial charge < -0.3 is 5.32 Å². The Morgan fingerprint density at radius 1 is 0.742 bits per heavy atom. The van der Waals surface area contributed by atoms with E-state index in [1.165, 1.54) is 70.6 Å². The van der Waals surface area contributed by atoms with Crippen LogP contribution < -0.4 is 5.32 Å². The average Bonchev–Trinajstić information content (AvgIpc) is 2.71. The average molecular weight is 428 g/mol. The van der Waals surface area contributed by atoms with E-state index in [0.717, 1.165) is 35.4 Å². The van der Waals surface area contributed by atoms with Crippen LogP contribution in [0.3, 0.4) is 0 Å². The van der Waals surface area contributed by atoms with Crippen LogP contribution in [0.25, 0.3) is 5.70 Å². The number of nitrogens with one attached hydrogen (secondary N) is 1. The second kappa shape index (κ2) is 16.8. The molecular weight excluding hydrogens is 382 g/mol. The van der Waals surface area contributed by atoms with E-state index in [-0.39, 0.29) is 11.6 Å². The molecular formula is C28H45NO2. The van der Waals surface area contributed by atoms with Gasteiger partial charge in [0.05, 0.1) is 0 Å². The number of carbonyl (C=O) groups is 2. The van der Waals surface area contributed by atoms with Gasteiger partial charge in [0, 0.05) is 25.1 Å². The number of benzene rings is 1. The van der Waals surface area contributed by atoms with Gasteiger partial charge in [0.15, 0.2) is 0 Å². The van der Waals surface area contributed by atoms with Crippen molar-refractivity contribution >= 4 is 17.3 Å². The number of unbranched alkanes of at least 4 members (excludes halogenated alkanes) is 11. The molecule has 0 unspecified atom stereocenters. The van der Waals surface area contributed by atoms with E-state index in [2.05, 4.69) is 18.8 Å². The SMILES string of the molecule is C=C(NCCCCCCCCCCCCCC)c1ccc(CC(C)=O)c(CC(C)=O)c1. The molecule has 0 amide bonds. The molecule has 1 N–H and O–H groups in total. The first-order valence-corrected chi connectivity index (χ1v) is 12.5. The molecule has 0 radical (unpaired) electrons. The zero-order valence-electron chi connectivity index (χ0n) is 20.4. The van der Waals surface area contributed by atoms with Crippen molar-refractivity contribution in [3.63, 3.8) is 0 Å². The zero-order chi connectivity index (χ0) is 22.9. The van der Waals surface area contributed by atoms with Gasteiger partial charge >= 0.3 is 0 Å². The molecule has 0 spiro atoms. The van der Waals surface area contributed by atoms with Crippen molar-refractivity contribution in [1.29, 1.82) is 0 Å². The predicted molar refractivity (Wildman–Crippen MR) is 133 cm³/mol. The molecule has 0 heterocycles. The lowest BCUT2D eigenvalue weighted by atomic mass is 9.95. The van der Waals surface area contributed by atoms with Crippen molar-refractivity contribution in [3.8, 4) is 0 Å². The Hall–Kier alpha value is -1.90. The highest BCUT2D eigenvalue weighted by Gasteiger charge is 2.10. The molecule has 174 valence electrons. The van der Waals surface area contributed by atoms with Gasteiger partial charge in [-0.05, 0) is 43.0 Å². The predicted octanol–water partition coefficient (Wildman–Crippen LogP) is 7.21. The quantitative estimate of drug-likeness (QED) is 0.237. The highest BCUT2D eigenvalue weighted by Crippen LogP contribution is 2.19. The van der Waals surface area contributed by atoms with E-state index in [9.17, 15) is 9.59 Å². The zero-order valence-corrected chi connectivity index (χ0v) is 20.4. The summed E-state index contributed by atoms with van der Waals surface area (Å²) in [5.41, 5.74) is 3.78. The van der Waals surface area contributed by atoms with Crippen LogP contribution in [0, 0.1) is 0 Å². The van der Waals surface area contributed by atoms with Crippen LogP contribution >= 0.6 is 0 Å². The van der Waals surface area contributed by atoms with Crippen LogP contribution in [0.15, 0.2) is 24.8 Å². The van der Waals surface area contributed by atoms with E-state index >= 15 is 0 Å². The van der Waals surface area contributed by atoms with E-state index in [4.69, 9.17) is 0 Å². The van der Waals surface area contributed by atoms with Gasteiger partial charge in [-0.25, -0.2) is 0 Å². The van der Waals surface area contributed by atoms with E-state index in [1.54, 1.807) is 13.8 Å². The van der Waals surface area contributed by atoms with Gasteiger partial charge in [-0.1, -0.05) is 96.3 Å². The Morgan fingerprint density at radius 2 is 1.23 bits per heavy atom. The molecule has 0 aromatic heterocycles. The Morgan fingerprint density at radius 3 is 1.74 bits per heavy atom. The second-order valence-corrected chi connectivity index (χ2v) is 9.04. The standard InChI is InChI=1S/C28H45NO2/c1-5-6-7-8-9-10-11-12-13-14-15-16-19-29-25(4)26-17-18-27(20-23(2)30)28(22-26)21-24(3)31/h17-18,22,29H,4-16,19-21H2,1-3H3. The van der Waals surface area contributed by atoms with Gasteiger partial charge in [0.2, 0.25) is 0 Å². The molecule has 31 heavy (non-hydrogen) atoms. The molecule has 3 heteroatoms. The lowest BCUT2D eigenvalue weighted by Crippen LogP contribution is -2.14. The molecule has 0 fully saturated rings. The molecule has 1 aromatic rings. The Labute approximate surface area is 191 Å². The van der Waals surface area contributed by atoms with Gasteiger partial charge in [-0.2, -0.15) is 0 Å². The fourth-order valence-corrected chi connectivity index (χ4v) is 3.99. The van der Waals surface area contributed by atoms with Crippen molar-refractivity contribution < 1.29 is 9.59 Å². The Kier molecular flexibility index (Phi) is 14.7. The molecule has 0 atom stereocenters. The topological polar surface area (TPSA) is 46.2 Å². The number of rotatable bonds is 19. The maximum atomic E-state index is 11.6. The summed E-state index contributed by atoms with van der Waals surface area (Å²) in [6.45, 7) is 10.5. The maximum Gasteiger partial charge on any atom is 0.134 e. The summed E-state index contributed by atoms with van der Waals surface area (Å²) in [6.07, 6.45) is 16.9. The molecule has 3 nitrogen and oxygen atoms in total. The van der Waals surface area contributed by atoms with Crippen molar-refractivity contribution in [1.82, 2.24) is 5.32 Å². The number of hydrogen-bond acceptors (Lipinski definition) is 3. The second-order valence-electron chi connectivity index (χ2n) is 9.04. The normalized spacial score (nSPS) is 10.8. The molecule has 0 saturated carbocycles. The minimum Gasteiger partial charge on any atom is -0.385 e. The highest BCUT2D eigenvalue weighted by atomic mass is 16.1. The summed E-state index contributed by atoms with van der Waals surface area (Å²) in [5.74, 6) is 0.221. The number of ketones is 2. The number of Topliss-reactive ketones (excluding diaryl/α,β-unsaturated/α-hetero) is 2. The van der Waals surface area contributed by atoms with Crippen LogP contribution in [0.4, 0.5) is 0 Å². The van der Waals surface area contributed by atoms with Gasteiger partial charge in [0.1, 0.15) is 11.6 Å². The Balaban J connectivity index is 2.23. The van der Waals surface area contributed by atoms with Crippen molar-refractivity contribution in [2.45, 2.75) is 111 Å². The summed E-state index contributed by atoms with van der Waals surface area (Å²) < 4.78 is 0. The van der Waals surface area contributed by atoms with E-state index < -0.39 is 0 Å². The molecule has 1 rings (SSSR count). The molecule has 0 bridgehead atoms. The molecule has 0 aliphatic carbocycles. The summed E-state index contributed by atoms with van der Waals surface area (Å²) in [4.78, 5) is 23.1. The van der Waals surface area contributed by atoms with Crippen LogP contribution in [0.2, 0.25) is 0 Å². The third-order valence-electron chi connectivity index (χ3n) is 5.80. The van der Waals surface area contributed by atoms with Crippen molar-refractivity contribution in [2.24, 2.45) is 0 Å². The van der Waals surface area contributed by atoms with Crippen molar-refractivity contribution in [3.05, 3.63) is 41.5 Å². The number of carbonyl (C=O) groups excluding carboxylic acids is 2. The van der Waals surface area contributed by atoms with Crippen LogP contribution in [-0.4, -0.2) is 18.1 Å². The largest absolute Gasteiger partial charge is 0.385 e. The first-order valence-electron chi connectivity index (χ1n) is 12.5. The molecule has 0 aliphatic rings. The third kappa shape index (κ3) is 13.2. The summed E-state index contributed by atoms with van der Waals surface area (Å²) in [6, 6.07) is 5.97. The molecule has 0 saturated heterocycles. The minimum atomic E-state index is 0.108. The third-order valence-corrected chi connectivity index (χ3v) is 5.80. The summed E-state index contributed by atoms with van der Waals surface area (Å²) >= 11 is 0. The Bertz CT molecular complexity index is 678.